The second kappa shape index (κ2) is 9.99. The third kappa shape index (κ3) is 4.30. The predicted octanol–water partition coefficient (Wildman–Crippen LogP) is 8.51. The van der Waals surface area contributed by atoms with Gasteiger partial charge >= 0.3 is 0 Å². The van der Waals surface area contributed by atoms with Crippen LogP contribution in [0.4, 0.5) is 34.6 Å². The summed E-state index contributed by atoms with van der Waals surface area (Å²) in [5, 5.41) is 0. The first kappa shape index (κ1) is 24.7. The number of pyridine rings is 4. The van der Waals surface area contributed by atoms with Gasteiger partial charge in [-0.1, -0.05) is 56.3 Å². The van der Waals surface area contributed by atoms with Gasteiger partial charge in [0, 0.05) is 41.5 Å². The van der Waals surface area contributed by atoms with Gasteiger partial charge in [-0.05, 0) is 83.4 Å². The van der Waals surface area contributed by atoms with E-state index in [2.05, 4.69) is 87.1 Å². The van der Waals surface area contributed by atoms with Gasteiger partial charge in [0.1, 0.15) is 23.3 Å². The van der Waals surface area contributed by atoms with Crippen molar-refractivity contribution in [2.24, 2.45) is 0 Å². The Morgan fingerprint density at radius 2 is 1.20 bits per heavy atom. The Morgan fingerprint density at radius 1 is 0.561 bits per heavy atom. The number of benzene rings is 2. The fourth-order valence-corrected chi connectivity index (χ4v) is 5.61. The van der Waals surface area contributed by atoms with Crippen molar-refractivity contribution in [2.75, 3.05) is 9.80 Å². The standard InChI is InChI=1S/C35H28N6/c1-35(2)28-10-9-23-39-34(28)41(33-13-5-8-22-38-33)30-19-16-26(24-29(30)35)25-14-17-27(18-15-25)40(31-11-3-6-20-36-31)32-12-4-7-21-37-32/h3-24H,1-2H3. The van der Waals surface area contributed by atoms with Crippen LogP contribution in [0.3, 0.4) is 0 Å². The Labute approximate surface area is 239 Å². The zero-order valence-electron chi connectivity index (χ0n) is 22.9. The molecule has 0 bridgehead atoms. The van der Waals surface area contributed by atoms with Crippen molar-refractivity contribution in [3.8, 4) is 11.1 Å². The summed E-state index contributed by atoms with van der Waals surface area (Å²) in [4.78, 5) is 22.9. The van der Waals surface area contributed by atoms with E-state index in [0.717, 1.165) is 45.8 Å². The molecule has 6 aromatic rings. The molecule has 0 unspecified atom stereocenters. The lowest BCUT2D eigenvalue weighted by molar-refractivity contribution is 0.627. The summed E-state index contributed by atoms with van der Waals surface area (Å²) in [6.07, 6.45) is 7.28. The molecule has 1 aliphatic heterocycles. The number of aromatic nitrogens is 4. The molecule has 41 heavy (non-hydrogen) atoms. The van der Waals surface area contributed by atoms with Gasteiger partial charge in [0.05, 0.1) is 5.69 Å². The molecular weight excluding hydrogens is 504 g/mol. The van der Waals surface area contributed by atoms with Crippen LogP contribution in [-0.2, 0) is 5.41 Å². The van der Waals surface area contributed by atoms with Crippen LogP contribution in [0.15, 0.2) is 134 Å². The van der Waals surface area contributed by atoms with E-state index < -0.39 is 0 Å². The summed E-state index contributed by atoms with van der Waals surface area (Å²) in [6, 6.07) is 37.3. The molecule has 5 heterocycles. The van der Waals surface area contributed by atoms with E-state index in [0.29, 0.717) is 0 Å². The van der Waals surface area contributed by atoms with Crippen molar-refractivity contribution >= 4 is 34.6 Å². The lowest BCUT2D eigenvalue weighted by atomic mass is 9.74. The van der Waals surface area contributed by atoms with Gasteiger partial charge in [-0.15, -0.1) is 0 Å². The Bertz CT molecular complexity index is 1760. The molecule has 0 saturated carbocycles. The van der Waals surface area contributed by atoms with Gasteiger partial charge in [0.2, 0.25) is 0 Å². The highest BCUT2D eigenvalue weighted by molar-refractivity contribution is 5.85. The molecule has 2 aromatic carbocycles. The van der Waals surface area contributed by atoms with Crippen molar-refractivity contribution < 1.29 is 0 Å². The fourth-order valence-electron chi connectivity index (χ4n) is 5.61. The SMILES string of the molecule is CC1(C)c2cc(-c3ccc(N(c4ccccn4)c4ccccn4)cc3)ccc2N(c2ccccn2)c2ncccc21. The number of fused-ring (bicyclic) bond motifs is 2. The molecule has 198 valence electrons. The Hall–Kier alpha value is -5.36. The lowest BCUT2D eigenvalue weighted by Crippen LogP contribution is -2.31. The van der Waals surface area contributed by atoms with Crippen LogP contribution >= 0.6 is 0 Å². The predicted molar refractivity (Wildman–Crippen MR) is 165 cm³/mol. The second-order valence-electron chi connectivity index (χ2n) is 10.5. The second-order valence-corrected chi connectivity index (χ2v) is 10.5. The van der Waals surface area contributed by atoms with E-state index in [-0.39, 0.29) is 5.41 Å². The highest BCUT2D eigenvalue weighted by atomic mass is 15.3. The molecule has 0 saturated heterocycles. The minimum absolute atomic E-state index is 0.241. The van der Waals surface area contributed by atoms with Gasteiger partial charge in [-0.3, -0.25) is 9.80 Å². The van der Waals surface area contributed by atoms with Crippen LogP contribution in [0.5, 0.6) is 0 Å². The first-order chi connectivity index (χ1) is 20.1. The zero-order chi connectivity index (χ0) is 27.8. The van der Waals surface area contributed by atoms with Gasteiger partial charge in [0.25, 0.3) is 0 Å². The van der Waals surface area contributed by atoms with Gasteiger partial charge in [-0.25, -0.2) is 19.9 Å². The first-order valence-electron chi connectivity index (χ1n) is 13.6. The average Bonchev–Trinajstić information content (AvgIpc) is 3.03. The Balaban J connectivity index is 1.31. The minimum Gasteiger partial charge on any atom is -0.279 e. The molecule has 0 N–H and O–H groups in total. The van der Waals surface area contributed by atoms with Crippen LogP contribution in [0.1, 0.15) is 25.0 Å². The summed E-state index contributed by atoms with van der Waals surface area (Å²) in [7, 11) is 0. The normalized spacial score (nSPS) is 13.3. The third-order valence-corrected chi connectivity index (χ3v) is 7.68. The molecule has 0 fully saturated rings. The van der Waals surface area contributed by atoms with E-state index >= 15 is 0 Å². The summed E-state index contributed by atoms with van der Waals surface area (Å²) in [5.41, 5.74) is 6.53. The summed E-state index contributed by atoms with van der Waals surface area (Å²) in [5.74, 6) is 3.41. The van der Waals surface area contributed by atoms with Crippen LogP contribution in [-0.4, -0.2) is 19.9 Å². The van der Waals surface area contributed by atoms with E-state index in [1.54, 1.807) is 12.4 Å². The van der Waals surface area contributed by atoms with E-state index in [1.807, 2.05) is 73.1 Å². The van der Waals surface area contributed by atoms with E-state index in [9.17, 15) is 0 Å². The third-order valence-electron chi connectivity index (χ3n) is 7.68. The molecule has 6 heteroatoms. The highest BCUT2D eigenvalue weighted by Crippen LogP contribution is 2.51. The number of anilines is 6. The smallest absolute Gasteiger partial charge is 0.142 e. The maximum atomic E-state index is 4.80. The van der Waals surface area contributed by atoms with Crippen molar-refractivity contribution in [2.45, 2.75) is 19.3 Å². The van der Waals surface area contributed by atoms with Gasteiger partial charge in [0.15, 0.2) is 0 Å². The molecule has 0 amide bonds. The summed E-state index contributed by atoms with van der Waals surface area (Å²) >= 11 is 0. The van der Waals surface area contributed by atoms with E-state index in [4.69, 9.17) is 4.98 Å². The largest absolute Gasteiger partial charge is 0.279 e. The van der Waals surface area contributed by atoms with Crippen LogP contribution < -0.4 is 9.80 Å². The number of hydrogen-bond acceptors (Lipinski definition) is 6. The van der Waals surface area contributed by atoms with Crippen molar-refractivity contribution in [3.05, 3.63) is 145 Å². The maximum absolute atomic E-state index is 4.80. The first-order valence-corrected chi connectivity index (χ1v) is 13.6. The average molecular weight is 533 g/mol. The molecule has 0 aliphatic carbocycles. The number of nitrogens with zero attached hydrogens (tertiary/aromatic N) is 6. The maximum Gasteiger partial charge on any atom is 0.142 e. The molecule has 7 rings (SSSR count). The number of rotatable bonds is 5. The molecule has 6 nitrogen and oxygen atoms in total. The minimum atomic E-state index is -0.241. The van der Waals surface area contributed by atoms with E-state index in [1.165, 1.54) is 11.1 Å². The monoisotopic (exact) mass is 532 g/mol. The van der Waals surface area contributed by atoms with Crippen LogP contribution in [0, 0.1) is 0 Å². The number of hydrogen-bond donors (Lipinski definition) is 0. The molecule has 4 aromatic heterocycles. The quantitative estimate of drug-likeness (QED) is 0.222. The Morgan fingerprint density at radius 3 is 1.83 bits per heavy atom. The highest BCUT2D eigenvalue weighted by Gasteiger charge is 2.38. The van der Waals surface area contributed by atoms with Gasteiger partial charge < -0.3 is 0 Å². The van der Waals surface area contributed by atoms with Crippen LogP contribution in [0.2, 0.25) is 0 Å². The molecular formula is C35H28N6. The lowest BCUT2D eigenvalue weighted by Gasteiger charge is -2.40. The zero-order valence-corrected chi connectivity index (χ0v) is 22.9. The van der Waals surface area contributed by atoms with Crippen molar-refractivity contribution in [1.29, 1.82) is 0 Å². The fraction of sp³-hybridized carbons (Fsp3) is 0.0857. The molecule has 0 spiro atoms. The molecule has 0 atom stereocenters. The summed E-state index contributed by atoms with van der Waals surface area (Å²) in [6.45, 7) is 4.54. The Kier molecular flexibility index (Phi) is 6.01. The van der Waals surface area contributed by atoms with Crippen molar-refractivity contribution in [3.63, 3.8) is 0 Å². The van der Waals surface area contributed by atoms with Crippen LogP contribution in [0.25, 0.3) is 11.1 Å². The molecule has 0 radical (unpaired) electrons. The molecule has 1 aliphatic rings. The summed E-state index contributed by atoms with van der Waals surface area (Å²) < 4.78 is 0. The van der Waals surface area contributed by atoms with Gasteiger partial charge in [-0.2, -0.15) is 0 Å². The van der Waals surface area contributed by atoms with Crippen molar-refractivity contribution in [1.82, 2.24) is 19.9 Å². The topological polar surface area (TPSA) is 58.0 Å².